The second-order valence-electron chi connectivity index (χ2n) is 5.76. The van der Waals surface area contributed by atoms with Gasteiger partial charge in [0.05, 0.1) is 0 Å². The van der Waals surface area contributed by atoms with E-state index in [0.717, 1.165) is 19.1 Å². The number of halogens is 11. The van der Waals surface area contributed by atoms with Crippen LogP contribution in [0.2, 0.25) is 5.02 Å². The fourth-order valence-electron chi connectivity index (χ4n) is 2.57. The maximum absolute atomic E-state index is 15.1. The van der Waals surface area contributed by atoms with Gasteiger partial charge >= 0.3 is 23.9 Å². The molecule has 0 saturated heterocycles. The minimum absolute atomic E-state index is 0.247. The highest BCUT2D eigenvalue weighted by atomic mass is 79.9. The Hall–Kier alpha value is -1.42. The zero-order chi connectivity index (χ0) is 21.7. The molecule has 28 heavy (non-hydrogen) atoms. The smallest absolute Gasteiger partial charge is 0.221 e. The second-order valence-corrected chi connectivity index (χ2v) is 6.96. The normalized spacial score (nSPS) is 15.4. The van der Waals surface area contributed by atoms with Crippen LogP contribution >= 0.6 is 27.5 Å². The number of hydrogen-bond donors (Lipinski definition) is 0. The van der Waals surface area contributed by atoms with Crippen LogP contribution in [0.5, 0.6) is 0 Å². The van der Waals surface area contributed by atoms with Crippen molar-refractivity contribution in [3.63, 3.8) is 0 Å². The molecule has 0 heterocycles. The lowest BCUT2D eigenvalue weighted by atomic mass is 9.82. The zero-order valence-electron chi connectivity index (χ0n) is 13.5. The van der Waals surface area contributed by atoms with Crippen LogP contribution in [0.4, 0.5) is 39.5 Å². The second kappa shape index (κ2) is 7.12. The van der Waals surface area contributed by atoms with E-state index in [-0.39, 0.29) is 22.2 Å². The molecule has 1 atom stereocenters. The van der Waals surface area contributed by atoms with Gasteiger partial charge in [0.25, 0.3) is 0 Å². The van der Waals surface area contributed by atoms with Gasteiger partial charge in [-0.25, -0.2) is 4.39 Å². The topological polar surface area (TPSA) is 0 Å². The predicted molar refractivity (Wildman–Crippen MR) is 88.0 cm³/mol. The van der Waals surface area contributed by atoms with E-state index in [1.54, 1.807) is 0 Å². The molecule has 0 aliphatic rings. The molecule has 11 heteroatoms. The van der Waals surface area contributed by atoms with Crippen molar-refractivity contribution in [3.05, 3.63) is 57.0 Å². The van der Waals surface area contributed by atoms with Gasteiger partial charge in [-0.1, -0.05) is 35.9 Å². The van der Waals surface area contributed by atoms with E-state index in [2.05, 4.69) is 22.0 Å². The monoisotopic (exact) mass is 497 g/mol. The van der Waals surface area contributed by atoms with Gasteiger partial charge in [-0.3, -0.25) is 0 Å². The maximum Gasteiger partial charge on any atom is 0.457 e. The fraction of sp³-hybridized carbons (Fsp3) is 0.294. The molecule has 0 spiro atoms. The summed E-state index contributed by atoms with van der Waals surface area (Å²) in [6, 6.07) is 7.46. The Morgan fingerprint density at radius 2 is 1.43 bits per heavy atom. The molecule has 0 aromatic heterocycles. The molecule has 0 aliphatic heterocycles. The number of hydrogen-bond acceptors (Lipinski definition) is 0. The van der Waals surface area contributed by atoms with E-state index in [1.165, 1.54) is 12.1 Å². The van der Waals surface area contributed by atoms with Gasteiger partial charge in [-0.2, -0.15) is 35.1 Å². The quantitative estimate of drug-likeness (QED) is 0.379. The molecule has 0 saturated carbocycles. The highest BCUT2D eigenvalue weighted by Gasteiger charge is 2.82. The molecular weight excluding hydrogens is 491 g/mol. The Labute approximate surface area is 166 Å². The molecule has 1 unspecified atom stereocenters. The summed E-state index contributed by atoms with van der Waals surface area (Å²) < 4.78 is 121. The minimum Gasteiger partial charge on any atom is -0.221 e. The van der Waals surface area contributed by atoms with Crippen LogP contribution in [0.15, 0.2) is 34.8 Å². The van der Waals surface area contributed by atoms with Crippen molar-refractivity contribution in [3.8, 4) is 11.1 Å². The standard InChI is InChI=1S/C17H8BrClF9/c1-8-6-10(13(11(18)7-8)9-4-2-3-5-12(9)19)14(20,16(23,24)25)15(21,22)17(26,27)28/h2-6H,1H3. The average molecular weight is 499 g/mol. The molecule has 0 N–H and O–H groups in total. The molecular formula is C17H8BrClF9. The minimum atomic E-state index is -6.82. The van der Waals surface area contributed by atoms with E-state index in [4.69, 9.17) is 11.6 Å². The van der Waals surface area contributed by atoms with Crippen LogP contribution in [0.1, 0.15) is 11.1 Å². The van der Waals surface area contributed by atoms with Gasteiger partial charge in [-0.05, 0) is 34.5 Å². The van der Waals surface area contributed by atoms with Gasteiger partial charge in [-0.15, -0.1) is 0 Å². The van der Waals surface area contributed by atoms with E-state index in [9.17, 15) is 35.1 Å². The Bertz CT molecular complexity index is 889. The van der Waals surface area contributed by atoms with Crippen molar-refractivity contribution >= 4 is 27.5 Å². The summed E-state index contributed by atoms with van der Waals surface area (Å²) in [6.45, 7) is 1.06. The average Bonchev–Trinajstić information content (AvgIpc) is 2.52. The molecule has 2 aromatic rings. The Balaban J connectivity index is 3.04. The summed E-state index contributed by atoms with van der Waals surface area (Å²) in [5.41, 5.74) is -9.62. The van der Waals surface area contributed by atoms with Crippen molar-refractivity contribution in [1.82, 2.24) is 0 Å². The summed E-state index contributed by atoms with van der Waals surface area (Å²) in [5.74, 6) is -6.79. The third kappa shape index (κ3) is 3.49. The Morgan fingerprint density at radius 3 is 1.89 bits per heavy atom. The highest BCUT2D eigenvalue weighted by molar-refractivity contribution is 9.10. The zero-order valence-corrected chi connectivity index (χ0v) is 15.9. The van der Waals surface area contributed by atoms with Crippen molar-refractivity contribution in [2.45, 2.75) is 30.9 Å². The molecule has 0 nitrogen and oxygen atoms in total. The molecule has 2 aromatic carbocycles. The fourth-order valence-corrected chi connectivity index (χ4v) is 3.54. The maximum atomic E-state index is 15.1. The molecule has 153 valence electrons. The third-order valence-electron chi connectivity index (χ3n) is 3.85. The largest absolute Gasteiger partial charge is 0.457 e. The van der Waals surface area contributed by atoms with Gasteiger partial charge in [0.1, 0.15) is 0 Å². The van der Waals surface area contributed by atoms with E-state index in [0.29, 0.717) is 0 Å². The van der Waals surface area contributed by atoms with E-state index in [1.807, 2.05) is 0 Å². The first kappa shape index (κ1) is 22.9. The highest BCUT2D eigenvalue weighted by Crippen LogP contribution is 2.60. The molecule has 2 rings (SSSR count). The number of alkyl halides is 9. The lowest BCUT2D eigenvalue weighted by Gasteiger charge is -2.37. The Kier molecular flexibility index (Phi) is 5.82. The van der Waals surface area contributed by atoms with Crippen molar-refractivity contribution in [2.24, 2.45) is 0 Å². The van der Waals surface area contributed by atoms with Crippen LogP contribution in [-0.2, 0) is 5.67 Å². The lowest BCUT2D eigenvalue weighted by Crippen LogP contribution is -2.60. The first-order chi connectivity index (χ1) is 12.6. The summed E-state index contributed by atoms with van der Waals surface area (Å²) >= 11 is 8.63. The first-order valence-electron chi connectivity index (χ1n) is 7.23. The van der Waals surface area contributed by atoms with Crippen molar-refractivity contribution in [1.29, 1.82) is 0 Å². The van der Waals surface area contributed by atoms with E-state index >= 15 is 4.39 Å². The van der Waals surface area contributed by atoms with E-state index < -0.39 is 39.5 Å². The van der Waals surface area contributed by atoms with Crippen molar-refractivity contribution < 1.29 is 39.5 Å². The number of rotatable bonds is 3. The summed E-state index contributed by atoms with van der Waals surface area (Å²) in [7, 11) is 0. The Morgan fingerprint density at radius 1 is 0.893 bits per heavy atom. The van der Waals surface area contributed by atoms with Crippen LogP contribution in [0.3, 0.4) is 0 Å². The molecule has 0 fully saturated rings. The molecule has 0 aliphatic carbocycles. The number of aryl methyl sites for hydroxylation is 1. The van der Waals surface area contributed by atoms with Crippen molar-refractivity contribution in [2.75, 3.05) is 0 Å². The molecule has 0 bridgehead atoms. The van der Waals surface area contributed by atoms with Crippen LogP contribution in [0.25, 0.3) is 11.1 Å². The first-order valence-corrected chi connectivity index (χ1v) is 8.40. The lowest BCUT2D eigenvalue weighted by molar-refractivity contribution is -0.389. The van der Waals surface area contributed by atoms with Gasteiger partial charge in [0.15, 0.2) is 0 Å². The number of benzene rings is 2. The molecule has 1 radical (unpaired) electrons. The van der Waals surface area contributed by atoms with Crippen LogP contribution < -0.4 is 0 Å². The van der Waals surface area contributed by atoms with Gasteiger partial charge in [0.2, 0.25) is 0 Å². The summed E-state index contributed by atoms with van der Waals surface area (Å²) in [4.78, 5) is 0. The summed E-state index contributed by atoms with van der Waals surface area (Å²) in [5, 5.41) is -0.290. The summed E-state index contributed by atoms with van der Waals surface area (Å²) in [6.07, 6.45) is -13.4. The van der Waals surface area contributed by atoms with Gasteiger partial charge in [0, 0.05) is 32.3 Å². The predicted octanol–water partition coefficient (Wildman–Crippen LogP) is 7.80. The van der Waals surface area contributed by atoms with Crippen LogP contribution in [0, 0.1) is 13.0 Å². The van der Waals surface area contributed by atoms with Gasteiger partial charge < -0.3 is 0 Å². The SMILES string of the molecule is Cc1[c]c(Br)c(-c2ccccc2Cl)c(C(F)(C(F)(F)F)C(F)(F)C(F)(F)F)c1. The third-order valence-corrected chi connectivity index (χ3v) is 4.77. The molecule has 0 amide bonds. The van der Waals surface area contributed by atoms with Crippen LogP contribution in [-0.4, -0.2) is 18.3 Å².